The number of benzene rings is 5. The molecule has 0 heterocycles. The average molecular weight is 798 g/mol. The van der Waals surface area contributed by atoms with Gasteiger partial charge in [0, 0.05) is 12.4 Å². The number of nitro groups is 1. The van der Waals surface area contributed by atoms with Crippen molar-refractivity contribution in [1.29, 1.82) is 0 Å². The van der Waals surface area contributed by atoms with E-state index in [0.29, 0.717) is 13.2 Å². The first-order valence-corrected chi connectivity index (χ1v) is 20.1. The molecular formula is C48H51N3O8. The fourth-order valence-corrected chi connectivity index (χ4v) is 6.03. The number of rotatable bonds is 21. The number of hydrogen-bond acceptors (Lipinski definition) is 10. The Bertz CT molecular complexity index is 2100. The van der Waals surface area contributed by atoms with Gasteiger partial charge in [-0.05, 0) is 122 Å². The highest BCUT2D eigenvalue weighted by Crippen LogP contribution is 2.37. The number of carbonyl (C=O) groups excluding carboxylic acids is 2. The lowest BCUT2D eigenvalue weighted by Gasteiger charge is -2.09. The summed E-state index contributed by atoms with van der Waals surface area (Å²) in [6, 6.07) is 28.4. The van der Waals surface area contributed by atoms with Crippen molar-refractivity contribution in [3.8, 4) is 23.0 Å². The Balaban J connectivity index is 1.17. The maximum Gasteiger partial charge on any atom is 0.353 e. The lowest BCUT2D eigenvalue weighted by molar-refractivity contribution is -0.386. The normalized spacial score (nSPS) is 11.2. The third kappa shape index (κ3) is 13.2. The Morgan fingerprint density at radius 2 is 1.02 bits per heavy atom. The van der Waals surface area contributed by atoms with E-state index >= 15 is 0 Å². The molecule has 306 valence electrons. The molecule has 0 aliphatic carbocycles. The molecule has 0 unspecified atom stereocenters. The van der Waals surface area contributed by atoms with Crippen molar-refractivity contribution in [2.75, 3.05) is 13.2 Å². The zero-order valence-corrected chi connectivity index (χ0v) is 34.1. The molecule has 0 atom stereocenters. The molecule has 5 rings (SSSR count). The number of esters is 2. The van der Waals surface area contributed by atoms with Crippen LogP contribution in [-0.2, 0) is 0 Å². The van der Waals surface area contributed by atoms with Crippen LogP contribution < -0.4 is 18.9 Å². The second-order valence-corrected chi connectivity index (χ2v) is 14.1. The molecule has 5 aromatic rings. The first-order valence-electron chi connectivity index (χ1n) is 20.1. The highest BCUT2D eigenvalue weighted by molar-refractivity contribution is 5.94. The van der Waals surface area contributed by atoms with Crippen LogP contribution in [0.3, 0.4) is 0 Å². The molecular weight excluding hydrogens is 747 g/mol. The molecule has 11 nitrogen and oxygen atoms in total. The van der Waals surface area contributed by atoms with Crippen LogP contribution in [0.2, 0.25) is 0 Å². The molecule has 11 heteroatoms. The summed E-state index contributed by atoms with van der Waals surface area (Å²) in [4.78, 5) is 46.8. The summed E-state index contributed by atoms with van der Waals surface area (Å²) < 4.78 is 22.6. The van der Waals surface area contributed by atoms with Gasteiger partial charge in [-0.2, -0.15) is 0 Å². The quantitative estimate of drug-likeness (QED) is 0.0178. The van der Waals surface area contributed by atoms with Gasteiger partial charge in [0.25, 0.3) is 0 Å². The monoisotopic (exact) mass is 797 g/mol. The second-order valence-electron chi connectivity index (χ2n) is 14.1. The van der Waals surface area contributed by atoms with E-state index in [4.69, 9.17) is 18.9 Å². The number of aliphatic imine (C=N–C) groups is 2. The number of nitro benzene ring substituents is 1. The highest BCUT2D eigenvalue weighted by Gasteiger charge is 2.27. The molecule has 0 aromatic heterocycles. The number of ether oxygens (including phenoxy) is 4. The van der Waals surface area contributed by atoms with Gasteiger partial charge in [0.15, 0.2) is 0 Å². The molecule has 0 saturated carbocycles. The van der Waals surface area contributed by atoms with Crippen LogP contribution in [-0.4, -0.2) is 42.5 Å². The minimum atomic E-state index is -0.823. The van der Waals surface area contributed by atoms with Crippen LogP contribution in [0.1, 0.15) is 108 Å². The van der Waals surface area contributed by atoms with Crippen LogP contribution in [0, 0.1) is 24.0 Å². The minimum absolute atomic E-state index is 0.161. The minimum Gasteiger partial charge on any atom is -0.494 e. The van der Waals surface area contributed by atoms with E-state index in [2.05, 4.69) is 23.8 Å². The number of nitrogens with zero attached hydrogens (tertiary/aromatic N) is 3. The molecule has 0 bridgehead atoms. The van der Waals surface area contributed by atoms with Gasteiger partial charge in [0.2, 0.25) is 11.5 Å². The van der Waals surface area contributed by atoms with Crippen LogP contribution >= 0.6 is 0 Å². The summed E-state index contributed by atoms with van der Waals surface area (Å²) >= 11 is 0. The Kier molecular flexibility index (Phi) is 16.5. The number of aryl methyl sites for hydroxylation is 2. The Hall–Kier alpha value is -6.62. The molecule has 5 aromatic carbocycles. The predicted molar refractivity (Wildman–Crippen MR) is 232 cm³/mol. The van der Waals surface area contributed by atoms with Crippen molar-refractivity contribution in [3.05, 3.63) is 147 Å². The van der Waals surface area contributed by atoms with Crippen LogP contribution in [0.5, 0.6) is 23.0 Å². The smallest absolute Gasteiger partial charge is 0.353 e. The lowest BCUT2D eigenvalue weighted by Crippen LogP contribution is -2.12. The molecule has 0 spiro atoms. The number of para-hydroxylation sites is 1. The molecule has 0 saturated heterocycles. The van der Waals surface area contributed by atoms with E-state index in [-0.39, 0.29) is 22.6 Å². The summed E-state index contributed by atoms with van der Waals surface area (Å²) in [6.07, 6.45) is 12.5. The molecule has 0 radical (unpaired) electrons. The molecule has 0 aliphatic rings. The SMILES string of the molecule is CCCCCCOc1ccc(N=Cc2ccc(C(=O)Oc3cccc(OC(=O)c4ccc(C=Nc5ccc(OCCCCCC)cc5C)cc4)c3[N+](=O)[O-])cc2)c(C)c1. The highest BCUT2D eigenvalue weighted by atomic mass is 16.6. The average Bonchev–Trinajstić information content (AvgIpc) is 3.23. The van der Waals surface area contributed by atoms with Crippen LogP contribution in [0.25, 0.3) is 0 Å². The van der Waals surface area contributed by atoms with E-state index in [1.54, 1.807) is 61.0 Å². The molecule has 0 fully saturated rings. The second kappa shape index (κ2) is 22.4. The fourth-order valence-electron chi connectivity index (χ4n) is 6.03. The van der Waals surface area contributed by atoms with E-state index in [9.17, 15) is 19.7 Å². The Morgan fingerprint density at radius 3 is 1.39 bits per heavy atom. The molecule has 0 N–H and O–H groups in total. The van der Waals surface area contributed by atoms with Gasteiger partial charge in [0.05, 0.1) is 40.6 Å². The van der Waals surface area contributed by atoms with Gasteiger partial charge in [-0.1, -0.05) is 82.7 Å². The van der Waals surface area contributed by atoms with Crippen molar-refractivity contribution in [3.63, 3.8) is 0 Å². The topological polar surface area (TPSA) is 139 Å². The summed E-state index contributed by atoms with van der Waals surface area (Å²) in [5.41, 5.74) is 4.63. The van der Waals surface area contributed by atoms with E-state index in [1.807, 2.05) is 50.2 Å². The first-order chi connectivity index (χ1) is 28.6. The Labute approximate surface area is 345 Å². The molecule has 0 aliphatic heterocycles. The van der Waals surface area contributed by atoms with Crippen molar-refractivity contribution in [1.82, 2.24) is 0 Å². The summed E-state index contributed by atoms with van der Waals surface area (Å²) in [5.74, 6) is -0.763. The van der Waals surface area contributed by atoms with Crippen molar-refractivity contribution >= 4 is 41.4 Å². The van der Waals surface area contributed by atoms with Crippen LogP contribution in [0.15, 0.2) is 113 Å². The van der Waals surface area contributed by atoms with E-state index < -0.39 is 22.5 Å². The number of unbranched alkanes of at least 4 members (excludes halogenated alkanes) is 6. The standard InChI is InChI=1S/C48H51N3O8/c1-5-7-9-11-28-56-40-24-26-42(34(3)30-40)49-32-36-16-20-38(21-17-36)47(52)58-44-14-13-15-45(46(44)51(54)55)59-48(53)39-22-18-37(19-23-39)33-50-43-27-25-41(31-35(43)4)57-29-12-10-8-6-2/h13-27,30-33H,5-12,28-29H2,1-4H3. The maximum absolute atomic E-state index is 13.1. The first kappa shape index (κ1) is 43.5. The maximum atomic E-state index is 13.1. The largest absolute Gasteiger partial charge is 0.494 e. The summed E-state index contributed by atoms with van der Waals surface area (Å²) in [7, 11) is 0. The van der Waals surface area contributed by atoms with Crippen LogP contribution in [0.4, 0.5) is 17.1 Å². The van der Waals surface area contributed by atoms with Gasteiger partial charge in [-0.3, -0.25) is 20.1 Å². The third-order valence-corrected chi connectivity index (χ3v) is 9.42. The lowest BCUT2D eigenvalue weighted by atomic mass is 10.1. The van der Waals surface area contributed by atoms with Gasteiger partial charge in [0.1, 0.15) is 11.5 Å². The summed E-state index contributed by atoms with van der Waals surface area (Å²) in [5, 5.41) is 12.2. The summed E-state index contributed by atoms with van der Waals surface area (Å²) in [6.45, 7) is 9.66. The van der Waals surface area contributed by atoms with E-state index in [0.717, 1.165) is 70.8 Å². The van der Waals surface area contributed by atoms with E-state index in [1.165, 1.54) is 43.9 Å². The zero-order valence-electron chi connectivity index (χ0n) is 34.1. The number of hydrogen-bond donors (Lipinski definition) is 0. The van der Waals surface area contributed by atoms with Gasteiger partial charge >= 0.3 is 17.6 Å². The van der Waals surface area contributed by atoms with Gasteiger partial charge in [-0.15, -0.1) is 0 Å². The molecule has 59 heavy (non-hydrogen) atoms. The van der Waals surface area contributed by atoms with Crippen molar-refractivity contribution in [2.24, 2.45) is 9.98 Å². The number of carbonyl (C=O) groups is 2. The Morgan fingerprint density at radius 1 is 0.593 bits per heavy atom. The third-order valence-electron chi connectivity index (χ3n) is 9.42. The van der Waals surface area contributed by atoms with Crippen molar-refractivity contribution < 1.29 is 33.5 Å². The van der Waals surface area contributed by atoms with Gasteiger partial charge < -0.3 is 18.9 Å². The molecule has 0 amide bonds. The predicted octanol–water partition coefficient (Wildman–Crippen LogP) is 12.1. The fraction of sp³-hybridized carbons (Fsp3) is 0.292. The van der Waals surface area contributed by atoms with Crippen molar-refractivity contribution in [2.45, 2.75) is 79.1 Å². The van der Waals surface area contributed by atoms with Gasteiger partial charge in [-0.25, -0.2) is 9.59 Å². The zero-order chi connectivity index (χ0) is 42.0.